The van der Waals surface area contributed by atoms with E-state index in [1.165, 1.54) is 0 Å². The minimum Gasteiger partial charge on any atom is -0.362 e. The summed E-state index contributed by atoms with van der Waals surface area (Å²) in [5.74, 6) is -0.245. The molecule has 26 heavy (non-hydrogen) atoms. The van der Waals surface area contributed by atoms with Gasteiger partial charge >= 0.3 is 0 Å². The zero-order chi connectivity index (χ0) is 18.9. The molecule has 5 nitrogen and oxygen atoms in total. The summed E-state index contributed by atoms with van der Waals surface area (Å²) in [4.78, 5) is 26.6. The Kier molecular flexibility index (Phi) is 7.21. The highest BCUT2D eigenvalue weighted by Gasteiger charge is 2.12. The zero-order valence-electron chi connectivity index (χ0n) is 15.7. The molecule has 0 aliphatic carbocycles. The number of likely N-dealkylation sites (N-methyl/N-ethyl adjacent to an activating group) is 1. The third-order valence-electron chi connectivity index (χ3n) is 4.24. The highest BCUT2D eigenvalue weighted by molar-refractivity contribution is 5.98. The summed E-state index contributed by atoms with van der Waals surface area (Å²) in [5.41, 5.74) is 2.17. The minimum atomic E-state index is -0.130. The maximum absolute atomic E-state index is 12.4. The molecule has 0 aliphatic rings. The van der Waals surface area contributed by atoms with Gasteiger partial charge in [0.05, 0.1) is 6.54 Å². The fraction of sp³-hybridized carbons (Fsp3) is 0.333. The van der Waals surface area contributed by atoms with Crippen molar-refractivity contribution < 1.29 is 9.59 Å². The molecule has 0 saturated heterocycles. The number of benzene rings is 2. The molecule has 2 aromatic rings. The lowest BCUT2D eigenvalue weighted by molar-refractivity contribution is -0.115. The van der Waals surface area contributed by atoms with Crippen molar-refractivity contribution in [2.24, 2.45) is 0 Å². The number of carbonyl (C=O) groups excluding carboxylic acids is 2. The highest BCUT2D eigenvalue weighted by Crippen LogP contribution is 2.14. The largest absolute Gasteiger partial charge is 0.362 e. The van der Waals surface area contributed by atoms with Crippen LogP contribution < -0.4 is 15.5 Å². The number of hydrogen-bond donors (Lipinski definition) is 2. The van der Waals surface area contributed by atoms with Crippen molar-refractivity contribution in [1.29, 1.82) is 0 Å². The maximum atomic E-state index is 12.4. The van der Waals surface area contributed by atoms with Crippen LogP contribution in [-0.2, 0) is 4.79 Å². The Morgan fingerprint density at radius 3 is 2.42 bits per heavy atom. The van der Waals surface area contributed by atoms with Crippen molar-refractivity contribution in [2.45, 2.75) is 33.2 Å². The molecule has 0 fully saturated rings. The molecule has 1 unspecified atom stereocenters. The molecule has 138 valence electrons. The van der Waals surface area contributed by atoms with Gasteiger partial charge in [-0.1, -0.05) is 31.2 Å². The van der Waals surface area contributed by atoms with Crippen molar-refractivity contribution in [3.63, 3.8) is 0 Å². The Morgan fingerprint density at radius 2 is 1.77 bits per heavy atom. The number of nitrogens with one attached hydrogen (secondary N) is 2. The van der Waals surface area contributed by atoms with Crippen LogP contribution in [0, 0.1) is 0 Å². The second kappa shape index (κ2) is 9.61. The normalized spacial score (nSPS) is 11.5. The summed E-state index contributed by atoms with van der Waals surface area (Å²) in [5, 5.41) is 5.81. The molecule has 0 spiro atoms. The van der Waals surface area contributed by atoms with Crippen LogP contribution in [0.15, 0.2) is 54.6 Å². The van der Waals surface area contributed by atoms with Gasteiger partial charge in [0.25, 0.3) is 5.91 Å². The van der Waals surface area contributed by atoms with Crippen molar-refractivity contribution in [2.75, 3.05) is 23.3 Å². The van der Waals surface area contributed by atoms with Crippen molar-refractivity contribution in [3.05, 3.63) is 60.2 Å². The molecule has 0 bridgehead atoms. The summed E-state index contributed by atoms with van der Waals surface area (Å²) in [6, 6.07) is 17.0. The molecule has 1 atom stereocenters. The van der Waals surface area contributed by atoms with Gasteiger partial charge in [0.15, 0.2) is 0 Å². The topological polar surface area (TPSA) is 61.4 Å². The number of amides is 2. The number of carbonyl (C=O) groups is 2. The summed E-state index contributed by atoms with van der Waals surface area (Å²) in [7, 11) is 0. The molecule has 2 rings (SSSR count). The molecule has 0 radical (unpaired) electrons. The van der Waals surface area contributed by atoms with Crippen LogP contribution in [0.5, 0.6) is 0 Å². The molecule has 2 amide bonds. The Bertz CT molecular complexity index is 731. The highest BCUT2D eigenvalue weighted by atomic mass is 16.2. The average molecular weight is 353 g/mol. The van der Waals surface area contributed by atoms with Crippen LogP contribution in [0.2, 0.25) is 0 Å². The first-order valence-corrected chi connectivity index (χ1v) is 9.04. The summed E-state index contributed by atoms with van der Waals surface area (Å²) >= 11 is 0. The van der Waals surface area contributed by atoms with E-state index in [-0.39, 0.29) is 24.4 Å². The third-order valence-corrected chi connectivity index (χ3v) is 4.24. The molecule has 0 saturated carbocycles. The second-order valence-electron chi connectivity index (χ2n) is 6.26. The van der Waals surface area contributed by atoms with Crippen molar-refractivity contribution in [3.8, 4) is 0 Å². The van der Waals surface area contributed by atoms with Gasteiger partial charge in [-0.2, -0.15) is 0 Å². The van der Waals surface area contributed by atoms with Gasteiger partial charge in [0, 0.05) is 29.5 Å². The molecule has 0 aliphatic heterocycles. The molecule has 0 aromatic heterocycles. The first kappa shape index (κ1) is 19.5. The Labute approximate surface area is 155 Å². The van der Waals surface area contributed by atoms with E-state index in [1.54, 1.807) is 24.3 Å². The van der Waals surface area contributed by atoms with Gasteiger partial charge in [0.2, 0.25) is 5.91 Å². The molecule has 0 heterocycles. The lowest BCUT2D eigenvalue weighted by Crippen LogP contribution is -2.33. The lowest BCUT2D eigenvalue weighted by Gasteiger charge is -2.22. The SMILES string of the molecule is CCC(C)NC(=O)c1cccc(NC(=O)CN(CC)c2ccccc2)c1. The van der Waals surface area contributed by atoms with Crippen molar-refractivity contribution >= 4 is 23.2 Å². The monoisotopic (exact) mass is 353 g/mol. The van der Waals surface area contributed by atoms with Gasteiger partial charge in [-0.3, -0.25) is 9.59 Å². The first-order chi connectivity index (χ1) is 12.5. The minimum absolute atomic E-state index is 0.115. The van der Waals surface area contributed by atoms with Gasteiger partial charge in [-0.15, -0.1) is 0 Å². The van der Waals surface area contributed by atoms with Gasteiger partial charge in [-0.05, 0) is 50.6 Å². The van der Waals surface area contributed by atoms with Crippen LogP contribution in [0.3, 0.4) is 0 Å². The van der Waals surface area contributed by atoms with E-state index in [2.05, 4.69) is 10.6 Å². The van der Waals surface area contributed by atoms with Crippen LogP contribution in [0.1, 0.15) is 37.6 Å². The quantitative estimate of drug-likeness (QED) is 0.761. The van der Waals surface area contributed by atoms with E-state index in [9.17, 15) is 9.59 Å². The summed E-state index contributed by atoms with van der Waals surface area (Å²) in [6.07, 6.45) is 0.870. The van der Waals surface area contributed by atoms with Gasteiger partial charge in [0.1, 0.15) is 0 Å². The van der Waals surface area contributed by atoms with Crippen LogP contribution >= 0.6 is 0 Å². The van der Waals surface area contributed by atoms with Gasteiger partial charge in [-0.25, -0.2) is 0 Å². The molecule has 2 N–H and O–H groups in total. The third kappa shape index (κ3) is 5.62. The van der Waals surface area contributed by atoms with E-state index >= 15 is 0 Å². The second-order valence-corrected chi connectivity index (χ2v) is 6.26. The average Bonchev–Trinajstić information content (AvgIpc) is 2.66. The van der Waals surface area contributed by atoms with E-state index in [1.807, 2.05) is 56.0 Å². The summed E-state index contributed by atoms with van der Waals surface area (Å²) < 4.78 is 0. The first-order valence-electron chi connectivity index (χ1n) is 9.04. The van der Waals surface area contributed by atoms with Crippen LogP contribution in [0.25, 0.3) is 0 Å². The fourth-order valence-electron chi connectivity index (χ4n) is 2.55. The fourth-order valence-corrected chi connectivity index (χ4v) is 2.55. The van der Waals surface area contributed by atoms with E-state index < -0.39 is 0 Å². The maximum Gasteiger partial charge on any atom is 0.251 e. The smallest absolute Gasteiger partial charge is 0.251 e. The Balaban J connectivity index is 2.00. The van der Waals surface area contributed by atoms with Crippen LogP contribution in [0.4, 0.5) is 11.4 Å². The van der Waals surface area contributed by atoms with Crippen LogP contribution in [-0.4, -0.2) is 30.9 Å². The number of para-hydroxylation sites is 1. The number of anilines is 2. The number of hydrogen-bond acceptors (Lipinski definition) is 3. The zero-order valence-corrected chi connectivity index (χ0v) is 15.7. The molecule has 2 aromatic carbocycles. The summed E-state index contributed by atoms with van der Waals surface area (Å²) in [6.45, 7) is 6.99. The van der Waals surface area contributed by atoms with Gasteiger partial charge < -0.3 is 15.5 Å². The van der Waals surface area contributed by atoms with E-state index in [0.29, 0.717) is 11.3 Å². The Hall–Kier alpha value is -2.82. The predicted octanol–water partition coefficient (Wildman–Crippen LogP) is 3.68. The lowest BCUT2D eigenvalue weighted by atomic mass is 10.1. The Morgan fingerprint density at radius 1 is 1.04 bits per heavy atom. The van der Waals surface area contributed by atoms with Crippen molar-refractivity contribution in [1.82, 2.24) is 5.32 Å². The number of nitrogens with zero attached hydrogens (tertiary/aromatic N) is 1. The standard InChI is InChI=1S/C21H27N3O2/c1-4-16(3)22-21(26)17-10-9-11-18(14-17)23-20(25)15-24(5-2)19-12-7-6-8-13-19/h6-14,16H,4-5,15H2,1-3H3,(H,22,26)(H,23,25). The predicted molar refractivity (Wildman–Crippen MR) is 107 cm³/mol. The number of rotatable bonds is 8. The molecular formula is C21H27N3O2. The van der Waals surface area contributed by atoms with E-state index in [0.717, 1.165) is 18.7 Å². The molecule has 5 heteroatoms. The van der Waals surface area contributed by atoms with E-state index in [4.69, 9.17) is 0 Å². The molecular weight excluding hydrogens is 326 g/mol.